The van der Waals surface area contributed by atoms with Crippen molar-refractivity contribution in [1.29, 1.82) is 0 Å². The molecule has 3 heterocycles. The van der Waals surface area contributed by atoms with Crippen LogP contribution in [0.2, 0.25) is 10.0 Å². The zero-order valence-corrected chi connectivity index (χ0v) is 38.0. The van der Waals surface area contributed by atoms with Gasteiger partial charge in [-0.15, -0.1) is 0 Å². The number of aromatic nitrogens is 6. The molecule has 0 atom stereocenters. The van der Waals surface area contributed by atoms with Crippen molar-refractivity contribution >= 4 is 34.3 Å². The first-order chi connectivity index (χ1) is 31.6. The Morgan fingerprint density at radius 3 is 1.29 bits per heavy atom. The standard InChI is InChI=1S/C20H22N2O.C18H14Cl2N2.C18H16N2/c1-15-5-3-7-17(11-15)20(23,10-9-19-13-21-14-22-19)18-8-4-6-16(2)12-18;1-12(17-10-21-11-22-17)18(13-2-6-15(19)7-3-13)14-4-8-16(20)9-5-14;1-14(17-12-19-13-20-17)18(15-8-4-2-5-9-15)16-10-6-3-7-11-16/h3-8,11-14,23H,9-10H2,1-2H3,(H,21,22);2-11,18H,1H2,(H,21,22);2-13,18H,1H2,(H,19,20). The van der Waals surface area contributed by atoms with Gasteiger partial charge in [0, 0.05) is 33.8 Å². The fourth-order valence-corrected chi connectivity index (χ4v) is 8.21. The summed E-state index contributed by atoms with van der Waals surface area (Å²) in [6.07, 6.45) is 11.8. The number of aryl methyl sites for hydroxylation is 3. The predicted octanol–water partition coefficient (Wildman–Crippen LogP) is 13.7. The van der Waals surface area contributed by atoms with Crippen molar-refractivity contribution in [3.63, 3.8) is 0 Å². The molecule has 9 heteroatoms. The Kier molecular flexibility index (Phi) is 15.6. The average molecular weight is 896 g/mol. The first-order valence-electron chi connectivity index (χ1n) is 21.4. The smallest absolute Gasteiger partial charge is 0.115 e. The van der Waals surface area contributed by atoms with Crippen molar-refractivity contribution in [2.45, 2.75) is 44.1 Å². The van der Waals surface area contributed by atoms with E-state index in [-0.39, 0.29) is 11.8 Å². The summed E-state index contributed by atoms with van der Waals surface area (Å²) in [6.45, 7) is 12.6. The molecule has 4 N–H and O–H groups in total. The van der Waals surface area contributed by atoms with Gasteiger partial charge in [0.25, 0.3) is 0 Å². The largest absolute Gasteiger partial charge is 0.380 e. The molecule has 326 valence electrons. The van der Waals surface area contributed by atoms with Crippen LogP contribution in [0.3, 0.4) is 0 Å². The minimum atomic E-state index is -1.01. The number of imidazole rings is 3. The molecule has 0 saturated carbocycles. The molecule has 0 unspecified atom stereocenters. The second-order valence-corrected chi connectivity index (χ2v) is 16.8. The van der Waals surface area contributed by atoms with Gasteiger partial charge in [0.1, 0.15) is 5.60 Å². The second kappa shape index (κ2) is 22.0. The van der Waals surface area contributed by atoms with E-state index in [1.807, 2.05) is 97.3 Å². The molecule has 0 spiro atoms. The lowest BCUT2D eigenvalue weighted by Crippen LogP contribution is -2.28. The minimum absolute atomic E-state index is 0.00924. The molecule has 0 fully saturated rings. The third-order valence-electron chi connectivity index (χ3n) is 11.4. The molecule has 3 aromatic heterocycles. The highest BCUT2D eigenvalue weighted by molar-refractivity contribution is 6.30. The molecule has 9 aromatic rings. The molecule has 0 radical (unpaired) electrons. The van der Waals surface area contributed by atoms with E-state index in [0.717, 1.165) is 68.0 Å². The van der Waals surface area contributed by atoms with Crippen molar-refractivity contribution in [1.82, 2.24) is 29.9 Å². The van der Waals surface area contributed by atoms with Crippen molar-refractivity contribution < 1.29 is 5.11 Å². The molecule has 0 saturated heterocycles. The van der Waals surface area contributed by atoms with E-state index in [9.17, 15) is 5.11 Å². The van der Waals surface area contributed by atoms with E-state index < -0.39 is 5.60 Å². The van der Waals surface area contributed by atoms with Crippen molar-refractivity contribution in [2.24, 2.45) is 0 Å². The van der Waals surface area contributed by atoms with Crippen molar-refractivity contribution in [2.75, 3.05) is 0 Å². The fourth-order valence-electron chi connectivity index (χ4n) is 7.96. The summed E-state index contributed by atoms with van der Waals surface area (Å²) < 4.78 is 0. The number of hydrogen-bond acceptors (Lipinski definition) is 4. The summed E-state index contributed by atoms with van der Waals surface area (Å²) in [7, 11) is 0. The predicted molar refractivity (Wildman–Crippen MR) is 267 cm³/mol. The van der Waals surface area contributed by atoms with Gasteiger partial charge in [-0.3, -0.25) is 0 Å². The molecule has 0 aliphatic heterocycles. The minimum Gasteiger partial charge on any atom is -0.380 e. The highest BCUT2D eigenvalue weighted by atomic mass is 35.5. The van der Waals surface area contributed by atoms with Gasteiger partial charge in [-0.05, 0) is 95.5 Å². The fraction of sp³-hybridized carbons (Fsp3) is 0.125. The maximum absolute atomic E-state index is 11.6. The van der Waals surface area contributed by atoms with Crippen LogP contribution < -0.4 is 0 Å². The maximum atomic E-state index is 11.6. The van der Waals surface area contributed by atoms with E-state index in [0.29, 0.717) is 16.5 Å². The molecule has 6 aromatic carbocycles. The quantitative estimate of drug-likeness (QED) is 0.0925. The van der Waals surface area contributed by atoms with Crippen LogP contribution in [0.25, 0.3) is 11.1 Å². The lowest BCUT2D eigenvalue weighted by Gasteiger charge is -2.30. The SMILES string of the molecule is C=C(c1cnc[nH]1)C(c1ccc(Cl)cc1)c1ccc(Cl)cc1.C=C(c1cnc[nH]1)C(c1ccccc1)c1ccccc1.Cc1cccc(C(O)(CCc2cnc[nH]2)c2cccc(C)c2)c1. The molecule has 0 aliphatic rings. The van der Waals surface area contributed by atoms with Crippen LogP contribution in [0.1, 0.15) is 79.8 Å². The molecule has 0 amide bonds. The van der Waals surface area contributed by atoms with E-state index in [1.165, 1.54) is 11.1 Å². The van der Waals surface area contributed by atoms with E-state index in [2.05, 4.69) is 130 Å². The molecule has 0 aliphatic carbocycles. The number of allylic oxidation sites excluding steroid dienone is 2. The second-order valence-electron chi connectivity index (χ2n) is 15.9. The third kappa shape index (κ3) is 12.0. The number of nitrogens with zero attached hydrogens (tertiary/aromatic N) is 3. The zero-order valence-electron chi connectivity index (χ0n) is 36.5. The number of H-pyrrole nitrogens is 3. The zero-order chi connectivity index (χ0) is 45.6. The van der Waals surface area contributed by atoms with Crippen LogP contribution in [0.4, 0.5) is 0 Å². The van der Waals surface area contributed by atoms with Gasteiger partial charge in [-0.1, -0.05) is 181 Å². The summed E-state index contributed by atoms with van der Waals surface area (Å²) >= 11 is 12.0. The van der Waals surface area contributed by atoms with Gasteiger partial charge in [-0.2, -0.15) is 0 Å². The Morgan fingerprint density at radius 1 is 0.523 bits per heavy atom. The molecular weight excluding hydrogens is 844 g/mol. The summed E-state index contributed by atoms with van der Waals surface area (Å²) in [5.74, 6) is 0.146. The highest BCUT2D eigenvalue weighted by Gasteiger charge is 2.31. The summed E-state index contributed by atoms with van der Waals surface area (Å²) in [5, 5.41) is 13.0. The van der Waals surface area contributed by atoms with Gasteiger partial charge in [0.05, 0.1) is 42.8 Å². The monoisotopic (exact) mass is 894 g/mol. The Morgan fingerprint density at radius 2 is 0.923 bits per heavy atom. The lowest BCUT2D eigenvalue weighted by atomic mass is 9.81. The summed E-state index contributed by atoms with van der Waals surface area (Å²) in [4.78, 5) is 21.6. The van der Waals surface area contributed by atoms with Crippen LogP contribution >= 0.6 is 23.2 Å². The first kappa shape index (κ1) is 46.0. The van der Waals surface area contributed by atoms with Crippen molar-refractivity contribution in [3.05, 3.63) is 280 Å². The van der Waals surface area contributed by atoms with Crippen LogP contribution in [-0.2, 0) is 12.0 Å². The molecule has 0 bridgehead atoms. The number of aromatic amines is 3. The van der Waals surface area contributed by atoms with E-state index in [1.54, 1.807) is 25.2 Å². The number of aliphatic hydroxyl groups is 1. The number of rotatable bonds is 13. The first-order valence-corrected chi connectivity index (χ1v) is 22.1. The molecular formula is C56H52Cl2N6O. The van der Waals surface area contributed by atoms with Crippen LogP contribution in [0.5, 0.6) is 0 Å². The lowest BCUT2D eigenvalue weighted by molar-refractivity contribution is 0.0709. The Balaban J connectivity index is 0.000000146. The Labute approximate surface area is 391 Å². The topological polar surface area (TPSA) is 106 Å². The Hall–Kier alpha value is -7.03. The van der Waals surface area contributed by atoms with E-state index in [4.69, 9.17) is 23.2 Å². The van der Waals surface area contributed by atoms with Gasteiger partial charge in [0.2, 0.25) is 0 Å². The van der Waals surface area contributed by atoms with Gasteiger partial charge < -0.3 is 20.1 Å². The number of hydrogen-bond donors (Lipinski definition) is 4. The normalized spacial score (nSPS) is 11.1. The number of halogens is 2. The van der Waals surface area contributed by atoms with Crippen LogP contribution in [0.15, 0.2) is 208 Å². The highest BCUT2D eigenvalue weighted by Crippen LogP contribution is 2.38. The Bertz CT molecular complexity index is 2710. The summed E-state index contributed by atoms with van der Waals surface area (Å²) in [6, 6.07) is 52.7. The summed E-state index contributed by atoms with van der Waals surface area (Å²) in [5.41, 5.74) is 12.7. The van der Waals surface area contributed by atoms with Crippen LogP contribution in [0, 0.1) is 13.8 Å². The molecule has 7 nitrogen and oxygen atoms in total. The number of benzene rings is 6. The van der Waals surface area contributed by atoms with Crippen molar-refractivity contribution in [3.8, 4) is 0 Å². The number of nitrogens with one attached hydrogen (secondary N) is 3. The van der Waals surface area contributed by atoms with Gasteiger partial charge >= 0.3 is 0 Å². The van der Waals surface area contributed by atoms with Gasteiger partial charge in [0.15, 0.2) is 0 Å². The third-order valence-corrected chi connectivity index (χ3v) is 11.9. The van der Waals surface area contributed by atoms with Gasteiger partial charge in [-0.25, -0.2) is 15.0 Å². The van der Waals surface area contributed by atoms with Crippen LogP contribution in [-0.4, -0.2) is 35.0 Å². The maximum Gasteiger partial charge on any atom is 0.115 e. The molecule has 65 heavy (non-hydrogen) atoms. The molecule has 9 rings (SSSR count). The average Bonchev–Trinajstić information content (AvgIpc) is 4.17. The van der Waals surface area contributed by atoms with E-state index >= 15 is 0 Å².